The van der Waals surface area contributed by atoms with E-state index in [-0.39, 0.29) is 34.7 Å². The average molecular weight is 395 g/mol. The number of rotatable bonds is 4. The molecule has 1 aliphatic heterocycles. The van der Waals surface area contributed by atoms with Gasteiger partial charge in [-0.05, 0) is 56.2 Å². The molecule has 1 heterocycles. The first kappa shape index (κ1) is 19.6. The van der Waals surface area contributed by atoms with Crippen LogP contribution in [0.4, 0.5) is 13.2 Å². The van der Waals surface area contributed by atoms with Gasteiger partial charge < -0.3 is 9.64 Å². The van der Waals surface area contributed by atoms with Crippen molar-refractivity contribution in [1.29, 1.82) is 0 Å². The van der Waals surface area contributed by atoms with E-state index >= 15 is 0 Å². The molecule has 1 amide bonds. The second-order valence-corrected chi connectivity index (χ2v) is 8.41. The van der Waals surface area contributed by atoms with Crippen LogP contribution in [0.5, 0.6) is 5.75 Å². The predicted octanol–water partition coefficient (Wildman–Crippen LogP) is 5.06. The third kappa shape index (κ3) is 4.58. The molecule has 0 bridgehead atoms. The van der Waals surface area contributed by atoms with Gasteiger partial charge in [0.2, 0.25) is 5.91 Å². The van der Waals surface area contributed by atoms with Crippen molar-refractivity contribution in [3.63, 3.8) is 0 Å². The molecule has 0 aliphatic carbocycles. The second kappa shape index (κ2) is 7.46. The van der Waals surface area contributed by atoms with E-state index in [1.807, 2.05) is 45.0 Å². The zero-order valence-electron chi connectivity index (χ0n) is 15.3. The standard InChI is InChI=1S/C20H20F3NO2S/c1-20(2,3)26-14-6-4-13(5-7-14)19-24(17(25)11-27-19)10-12-8-15(21)18(23)16(22)9-12/h4-9,19H,10-11H2,1-3H3. The van der Waals surface area contributed by atoms with Crippen molar-refractivity contribution in [1.82, 2.24) is 4.90 Å². The number of thioether (sulfide) groups is 1. The summed E-state index contributed by atoms with van der Waals surface area (Å²) in [5, 5.41) is -0.280. The Balaban J connectivity index is 1.80. The molecule has 7 heteroatoms. The fourth-order valence-corrected chi connectivity index (χ4v) is 4.04. The van der Waals surface area contributed by atoms with Crippen LogP contribution in [-0.4, -0.2) is 22.2 Å². The number of carbonyl (C=O) groups excluding carboxylic acids is 1. The molecule has 3 rings (SSSR count). The number of nitrogens with zero attached hydrogens (tertiary/aromatic N) is 1. The van der Waals surface area contributed by atoms with Gasteiger partial charge >= 0.3 is 0 Å². The van der Waals surface area contributed by atoms with E-state index in [0.717, 1.165) is 23.4 Å². The summed E-state index contributed by atoms with van der Waals surface area (Å²) in [4.78, 5) is 13.8. The Kier molecular flexibility index (Phi) is 5.42. The summed E-state index contributed by atoms with van der Waals surface area (Å²) in [5.74, 6) is -3.17. The van der Waals surface area contributed by atoms with Crippen molar-refractivity contribution in [2.45, 2.75) is 38.3 Å². The molecule has 0 N–H and O–H groups in total. The predicted molar refractivity (Wildman–Crippen MR) is 98.9 cm³/mol. The minimum Gasteiger partial charge on any atom is -0.488 e. The molecule has 0 saturated carbocycles. The smallest absolute Gasteiger partial charge is 0.234 e. The quantitative estimate of drug-likeness (QED) is 0.678. The largest absolute Gasteiger partial charge is 0.488 e. The molecular weight excluding hydrogens is 375 g/mol. The number of ether oxygens (including phenoxy) is 1. The second-order valence-electron chi connectivity index (χ2n) is 7.34. The number of hydrogen-bond donors (Lipinski definition) is 0. The normalized spacial score (nSPS) is 17.5. The number of benzene rings is 2. The topological polar surface area (TPSA) is 29.5 Å². The maximum atomic E-state index is 13.5. The molecule has 27 heavy (non-hydrogen) atoms. The van der Waals surface area contributed by atoms with E-state index < -0.39 is 17.5 Å². The average Bonchev–Trinajstić information content (AvgIpc) is 2.93. The number of halogens is 3. The van der Waals surface area contributed by atoms with Gasteiger partial charge in [-0.3, -0.25) is 4.79 Å². The summed E-state index contributed by atoms with van der Waals surface area (Å²) in [5.41, 5.74) is 0.776. The molecule has 1 saturated heterocycles. The Morgan fingerprint density at radius 1 is 1.11 bits per heavy atom. The lowest BCUT2D eigenvalue weighted by Gasteiger charge is -2.25. The van der Waals surface area contributed by atoms with E-state index in [2.05, 4.69) is 0 Å². The Labute approximate surface area is 160 Å². The Morgan fingerprint density at radius 2 is 1.70 bits per heavy atom. The van der Waals surface area contributed by atoms with Crippen LogP contribution in [0, 0.1) is 17.5 Å². The fourth-order valence-electron chi connectivity index (χ4n) is 2.85. The van der Waals surface area contributed by atoms with E-state index in [0.29, 0.717) is 0 Å². The molecule has 0 radical (unpaired) electrons. The molecule has 1 unspecified atom stereocenters. The third-order valence-corrected chi connectivity index (χ3v) is 5.21. The molecule has 2 aromatic rings. The number of hydrogen-bond acceptors (Lipinski definition) is 3. The van der Waals surface area contributed by atoms with Gasteiger partial charge in [-0.25, -0.2) is 13.2 Å². The van der Waals surface area contributed by atoms with Crippen LogP contribution in [0.15, 0.2) is 36.4 Å². The van der Waals surface area contributed by atoms with Gasteiger partial charge in [0.25, 0.3) is 0 Å². The van der Waals surface area contributed by atoms with E-state index in [9.17, 15) is 18.0 Å². The number of amides is 1. The maximum absolute atomic E-state index is 13.5. The first-order valence-electron chi connectivity index (χ1n) is 8.47. The van der Waals surface area contributed by atoms with Crippen molar-refractivity contribution in [2.75, 3.05) is 5.75 Å². The van der Waals surface area contributed by atoms with Crippen molar-refractivity contribution in [3.8, 4) is 5.75 Å². The highest BCUT2D eigenvalue weighted by Crippen LogP contribution is 2.40. The minimum atomic E-state index is -1.51. The van der Waals surface area contributed by atoms with Gasteiger partial charge in [0, 0.05) is 6.54 Å². The summed E-state index contributed by atoms with van der Waals surface area (Å²) in [6, 6.07) is 9.25. The third-order valence-electron chi connectivity index (χ3n) is 3.95. The maximum Gasteiger partial charge on any atom is 0.234 e. The summed E-state index contributed by atoms with van der Waals surface area (Å²) in [7, 11) is 0. The Hall–Kier alpha value is -2.15. The van der Waals surface area contributed by atoms with Gasteiger partial charge in [0.15, 0.2) is 17.5 Å². The molecule has 1 aliphatic rings. The summed E-state index contributed by atoms with van der Waals surface area (Å²) in [6.45, 7) is 5.87. The van der Waals surface area contributed by atoms with Gasteiger partial charge in [0.05, 0.1) is 5.75 Å². The molecule has 2 aromatic carbocycles. The zero-order valence-corrected chi connectivity index (χ0v) is 16.1. The monoisotopic (exact) mass is 395 g/mol. The van der Waals surface area contributed by atoms with Gasteiger partial charge in [-0.15, -0.1) is 11.8 Å². The molecule has 0 aromatic heterocycles. The molecule has 3 nitrogen and oxygen atoms in total. The van der Waals surface area contributed by atoms with Crippen LogP contribution in [0.2, 0.25) is 0 Å². The Morgan fingerprint density at radius 3 is 2.26 bits per heavy atom. The van der Waals surface area contributed by atoms with E-state index in [1.54, 1.807) is 0 Å². The highest BCUT2D eigenvalue weighted by molar-refractivity contribution is 8.00. The van der Waals surface area contributed by atoms with Crippen molar-refractivity contribution in [3.05, 3.63) is 65.0 Å². The van der Waals surface area contributed by atoms with Crippen LogP contribution in [0.3, 0.4) is 0 Å². The van der Waals surface area contributed by atoms with E-state index in [1.165, 1.54) is 16.7 Å². The highest BCUT2D eigenvalue weighted by Gasteiger charge is 2.33. The van der Waals surface area contributed by atoms with E-state index in [4.69, 9.17) is 4.74 Å². The van der Waals surface area contributed by atoms with Crippen LogP contribution in [0.25, 0.3) is 0 Å². The zero-order chi connectivity index (χ0) is 19.8. The van der Waals surface area contributed by atoms with Gasteiger partial charge in [-0.1, -0.05) is 12.1 Å². The molecule has 0 spiro atoms. The van der Waals surface area contributed by atoms with Gasteiger partial charge in [-0.2, -0.15) is 0 Å². The fraction of sp³-hybridized carbons (Fsp3) is 0.350. The van der Waals surface area contributed by atoms with Gasteiger partial charge in [0.1, 0.15) is 16.7 Å². The lowest BCUT2D eigenvalue weighted by molar-refractivity contribution is -0.128. The lowest BCUT2D eigenvalue weighted by atomic mass is 10.1. The first-order chi connectivity index (χ1) is 12.6. The molecule has 1 atom stereocenters. The summed E-state index contributed by atoms with van der Waals surface area (Å²) >= 11 is 1.44. The van der Waals surface area contributed by atoms with Crippen molar-refractivity contribution < 1.29 is 22.7 Å². The van der Waals surface area contributed by atoms with Crippen molar-refractivity contribution in [2.24, 2.45) is 0 Å². The van der Waals surface area contributed by atoms with Crippen molar-refractivity contribution >= 4 is 17.7 Å². The molecule has 144 valence electrons. The minimum absolute atomic E-state index is 0.00482. The SMILES string of the molecule is CC(C)(C)Oc1ccc(C2SCC(=O)N2Cc2cc(F)c(F)c(F)c2)cc1. The van der Waals surface area contributed by atoms with Crippen LogP contribution in [-0.2, 0) is 11.3 Å². The summed E-state index contributed by atoms with van der Waals surface area (Å²) in [6.07, 6.45) is 0. The summed E-state index contributed by atoms with van der Waals surface area (Å²) < 4.78 is 45.9. The Bertz CT molecular complexity index is 826. The van der Waals surface area contributed by atoms with Crippen LogP contribution >= 0.6 is 11.8 Å². The molecule has 1 fully saturated rings. The molecular formula is C20H20F3NO2S. The van der Waals surface area contributed by atoms with Crippen LogP contribution in [0.1, 0.15) is 37.3 Å². The lowest BCUT2D eigenvalue weighted by Crippen LogP contribution is -2.28. The number of carbonyl (C=O) groups is 1. The van der Waals surface area contributed by atoms with Crippen LogP contribution < -0.4 is 4.74 Å². The highest BCUT2D eigenvalue weighted by atomic mass is 32.2. The first-order valence-corrected chi connectivity index (χ1v) is 9.52.